The topological polar surface area (TPSA) is 101 Å². The first-order valence-corrected chi connectivity index (χ1v) is 14.9. The summed E-state index contributed by atoms with van der Waals surface area (Å²) in [4.78, 5) is 42.5. The van der Waals surface area contributed by atoms with Crippen molar-refractivity contribution in [1.29, 1.82) is 0 Å². The van der Waals surface area contributed by atoms with Crippen molar-refractivity contribution in [1.82, 2.24) is 4.90 Å². The molecule has 8 nitrogen and oxygen atoms in total. The van der Waals surface area contributed by atoms with Crippen LogP contribution in [-0.4, -0.2) is 72.2 Å². The van der Waals surface area contributed by atoms with Crippen LogP contribution < -0.4 is 9.80 Å². The minimum absolute atomic E-state index is 0.0270. The van der Waals surface area contributed by atoms with E-state index in [4.69, 9.17) is 0 Å². The Balaban J connectivity index is 1.21. The number of nitrogens with zero attached hydrogens (tertiary/aromatic N) is 3. The maximum Gasteiger partial charge on any atom is 0.318 e. The number of anilines is 2. The summed E-state index contributed by atoms with van der Waals surface area (Å²) in [6.45, 7) is 7.78. The van der Waals surface area contributed by atoms with Gasteiger partial charge in [-0.05, 0) is 65.4 Å². The molecule has 2 N–H and O–H groups in total. The standard InChI is InChI=1S/C31H36FN3O5S/c1-31(2,28(29(37)38)30(39)40)9-11-35-24-17-20(3-4-21(24)5-6-27(35)36)7-10-33-12-14-34(15-13-33)25-18-22(32)19-26-23(25)8-16-41-26/h3-4,8,16-19,28H,5-7,9-15H2,1-2H3,(H,37,38)(H,39,40). The first-order chi connectivity index (χ1) is 19.5. The van der Waals surface area contributed by atoms with Gasteiger partial charge >= 0.3 is 11.9 Å². The number of amides is 1. The van der Waals surface area contributed by atoms with E-state index in [0.717, 1.165) is 71.7 Å². The highest BCUT2D eigenvalue weighted by Gasteiger charge is 2.41. The highest BCUT2D eigenvalue weighted by atomic mass is 32.1. The van der Waals surface area contributed by atoms with Crippen molar-refractivity contribution in [2.24, 2.45) is 11.3 Å². The second kappa shape index (κ2) is 11.8. The summed E-state index contributed by atoms with van der Waals surface area (Å²) in [5, 5.41) is 22.0. The van der Waals surface area contributed by atoms with Gasteiger partial charge < -0.3 is 20.0 Å². The smallest absolute Gasteiger partial charge is 0.318 e. The number of aryl methyl sites for hydroxylation is 1. The van der Waals surface area contributed by atoms with E-state index in [1.165, 1.54) is 0 Å². The van der Waals surface area contributed by atoms with Crippen molar-refractivity contribution in [2.75, 3.05) is 49.1 Å². The second-order valence-corrected chi connectivity index (χ2v) is 12.6. The van der Waals surface area contributed by atoms with Gasteiger partial charge in [0.05, 0.1) is 0 Å². The number of carboxylic acids is 2. The number of hydrogen-bond donors (Lipinski definition) is 2. The van der Waals surface area contributed by atoms with Crippen LogP contribution in [-0.2, 0) is 27.2 Å². The molecule has 218 valence electrons. The van der Waals surface area contributed by atoms with E-state index in [1.54, 1.807) is 42.2 Å². The molecule has 3 aromatic rings. The molecule has 1 amide bonds. The zero-order valence-corrected chi connectivity index (χ0v) is 24.3. The van der Waals surface area contributed by atoms with Gasteiger partial charge in [-0.1, -0.05) is 26.0 Å². The van der Waals surface area contributed by atoms with Crippen molar-refractivity contribution in [3.8, 4) is 0 Å². The maximum absolute atomic E-state index is 14.2. The molecular formula is C31H36FN3O5S. The highest BCUT2D eigenvalue weighted by Crippen LogP contribution is 2.36. The van der Waals surface area contributed by atoms with Gasteiger partial charge in [0, 0.05) is 67.2 Å². The molecule has 3 heterocycles. The molecule has 2 aromatic carbocycles. The third kappa shape index (κ3) is 6.23. The molecule has 0 aliphatic carbocycles. The van der Waals surface area contributed by atoms with Crippen LogP contribution in [0.15, 0.2) is 41.8 Å². The van der Waals surface area contributed by atoms with Gasteiger partial charge in [0.2, 0.25) is 5.91 Å². The Morgan fingerprint density at radius 1 is 0.976 bits per heavy atom. The van der Waals surface area contributed by atoms with Crippen molar-refractivity contribution < 1.29 is 29.0 Å². The number of carbonyl (C=O) groups is 3. The Morgan fingerprint density at radius 2 is 1.71 bits per heavy atom. The minimum Gasteiger partial charge on any atom is -0.481 e. The Hall–Kier alpha value is -3.50. The molecule has 1 aromatic heterocycles. The first kappa shape index (κ1) is 29.0. The predicted molar refractivity (Wildman–Crippen MR) is 158 cm³/mol. The fraction of sp³-hybridized carbons (Fsp3) is 0.452. The number of rotatable bonds is 10. The van der Waals surface area contributed by atoms with Crippen LogP contribution in [0.3, 0.4) is 0 Å². The van der Waals surface area contributed by atoms with Gasteiger partial charge in [-0.25, -0.2) is 4.39 Å². The third-order valence-electron chi connectivity index (χ3n) is 8.55. The van der Waals surface area contributed by atoms with E-state index >= 15 is 0 Å². The minimum atomic E-state index is -1.55. The van der Waals surface area contributed by atoms with E-state index in [1.807, 2.05) is 5.38 Å². The van der Waals surface area contributed by atoms with E-state index in [2.05, 4.69) is 34.1 Å². The molecule has 0 bridgehead atoms. The van der Waals surface area contributed by atoms with E-state index < -0.39 is 23.3 Å². The molecule has 10 heteroatoms. The van der Waals surface area contributed by atoms with Crippen LogP contribution in [0.2, 0.25) is 0 Å². The normalized spacial score (nSPS) is 16.4. The fourth-order valence-corrected chi connectivity index (χ4v) is 6.91. The number of aliphatic carboxylic acids is 2. The summed E-state index contributed by atoms with van der Waals surface area (Å²) in [6.07, 6.45) is 2.09. The number of carbonyl (C=O) groups excluding carboxylic acids is 1. The number of benzene rings is 2. The lowest BCUT2D eigenvalue weighted by atomic mass is 9.76. The van der Waals surface area contributed by atoms with Crippen LogP contribution in [0.5, 0.6) is 0 Å². The molecule has 1 fully saturated rings. The van der Waals surface area contributed by atoms with Gasteiger partial charge in [0.1, 0.15) is 5.82 Å². The lowest BCUT2D eigenvalue weighted by Gasteiger charge is -2.36. The van der Waals surface area contributed by atoms with Gasteiger partial charge in [-0.3, -0.25) is 19.3 Å². The zero-order chi connectivity index (χ0) is 29.3. The largest absolute Gasteiger partial charge is 0.481 e. The van der Waals surface area contributed by atoms with E-state index in [9.17, 15) is 29.0 Å². The maximum atomic E-state index is 14.2. The van der Waals surface area contributed by atoms with Crippen LogP contribution in [0.25, 0.3) is 10.1 Å². The number of halogens is 1. The van der Waals surface area contributed by atoms with Gasteiger partial charge in [0.15, 0.2) is 5.92 Å². The zero-order valence-electron chi connectivity index (χ0n) is 23.4. The number of hydrogen-bond acceptors (Lipinski definition) is 6. The van der Waals surface area contributed by atoms with Crippen molar-refractivity contribution in [2.45, 2.75) is 39.5 Å². The summed E-state index contributed by atoms with van der Waals surface area (Å²) in [7, 11) is 0. The monoisotopic (exact) mass is 581 g/mol. The molecule has 0 saturated carbocycles. The van der Waals surface area contributed by atoms with Gasteiger partial charge in [-0.2, -0.15) is 0 Å². The number of fused-ring (bicyclic) bond motifs is 2. The molecule has 0 radical (unpaired) electrons. The highest BCUT2D eigenvalue weighted by molar-refractivity contribution is 7.17. The van der Waals surface area contributed by atoms with Crippen molar-refractivity contribution >= 4 is 50.6 Å². The lowest BCUT2D eigenvalue weighted by Crippen LogP contribution is -2.47. The number of piperazine rings is 1. The van der Waals surface area contributed by atoms with Crippen LogP contribution in [0.4, 0.5) is 15.8 Å². The molecule has 5 rings (SSSR count). The molecule has 2 aliphatic rings. The molecule has 41 heavy (non-hydrogen) atoms. The summed E-state index contributed by atoms with van der Waals surface area (Å²) < 4.78 is 15.2. The third-order valence-corrected chi connectivity index (χ3v) is 9.41. The molecule has 0 unspecified atom stereocenters. The first-order valence-electron chi connectivity index (χ1n) is 14.1. The molecule has 1 saturated heterocycles. The average molecular weight is 582 g/mol. The predicted octanol–water partition coefficient (Wildman–Crippen LogP) is 4.89. The molecule has 0 spiro atoms. The Labute approximate surface area is 243 Å². The molecular weight excluding hydrogens is 545 g/mol. The van der Waals surface area contributed by atoms with Gasteiger partial charge in [-0.15, -0.1) is 11.3 Å². The number of carboxylic acid groups (broad SMARTS) is 2. The summed E-state index contributed by atoms with van der Waals surface area (Å²) in [5.74, 6) is -4.52. The van der Waals surface area contributed by atoms with E-state index in [-0.39, 0.29) is 24.7 Å². The Bertz CT molecular complexity index is 1450. The molecule has 2 aliphatic heterocycles. The second-order valence-electron chi connectivity index (χ2n) is 11.7. The average Bonchev–Trinajstić information content (AvgIpc) is 3.39. The van der Waals surface area contributed by atoms with Crippen molar-refractivity contribution in [3.63, 3.8) is 0 Å². The summed E-state index contributed by atoms with van der Waals surface area (Å²) in [5.41, 5.74) is 2.96. The van der Waals surface area contributed by atoms with Crippen LogP contribution in [0, 0.1) is 17.2 Å². The van der Waals surface area contributed by atoms with E-state index in [0.29, 0.717) is 12.8 Å². The summed E-state index contributed by atoms with van der Waals surface area (Å²) >= 11 is 1.55. The van der Waals surface area contributed by atoms with Crippen LogP contribution in [0.1, 0.15) is 37.8 Å². The van der Waals surface area contributed by atoms with Crippen LogP contribution >= 0.6 is 11.3 Å². The quantitative estimate of drug-likeness (QED) is 0.329. The Kier molecular flexibility index (Phi) is 8.33. The number of thiophene rings is 1. The lowest BCUT2D eigenvalue weighted by molar-refractivity contribution is -0.160. The van der Waals surface area contributed by atoms with Crippen molar-refractivity contribution in [3.05, 3.63) is 58.7 Å². The summed E-state index contributed by atoms with van der Waals surface area (Å²) in [6, 6.07) is 11.5. The Morgan fingerprint density at radius 3 is 2.41 bits per heavy atom. The molecule has 0 atom stereocenters. The van der Waals surface area contributed by atoms with Gasteiger partial charge in [0.25, 0.3) is 0 Å². The SMILES string of the molecule is CC(C)(CCN1C(=O)CCc2ccc(CCN3CCN(c4cc(F)cc5sccc45)CC3)cc21)C(C(=O)O)C(=O)O. The fourth-order valence-electron chi connectivity index (χ4n) is 6.08.